The van der Waals surface area contributed by atoms with Crippen molar-refractivity contribution >= 4 is 23.2 Å². The summed E-state index contributed by atoms with van der Waals surface area (Å²) in [4.78, 5) is -0.0141. The van der Waals surface area contributed by atoms with Crippen LogP contribution in [0.25, 0.3) is 0 Å². The van der Waals surface area contributed by atoms with Crippen molar-refractivity contribution in [3.63, 3.8) is 0 Å². The van der Waals surface area contributed by atoms with Crippen molar-refractivity contribution in [1.29, 1.82) is 0 Å². The molecule has 0 amide bonds. The van der Waals surface area contributed by atoms with Gasteiger partial charge in [-0.2, -0.15) is 0 Å². The Kier molecular flexibility index (Phi) is 7.26. The Morgan fingerprint density at radius 1 is 1.08 bits per heavy atom. The zero-order valence-electron chi connectivity index (χ0n) is 9.08. The molecule has 0 N–H and O–H groups in total. The second-order valence-corrected chi connectivity index (χ2v) is 6.22. The topological polar surface area (TPSA) is 0 Å². The summed E-state index contributed by atoms with van der Waals surface area (Å²) in [7, 11) is 0. The molecule has 0 aromatic rings. The van der Waals surface area contributed by atoms with Crippen LogP contribution in [0.4, 0.5) is 0 Å². The van der Waals surface area contributed by atoms with Crippen molar-refractivity contribution in [3.05, 3.63) is 0 Å². The summed E-state index contributed by atoms with van der Waals surface area (Å²) < 4.78 is 0. The number of unbranched alkanes of at least 4 members (excludes halogenated alkanes) is 3. The number of rotatable bonds is 7. The fourth-order valence-corrected chi connectivity index (χ4v) is 1.61. The van der Waals surface area contributed by atoms with Gasteiger partial charge in [0.15, 0.2) is 0 Å². The van der Waals surface area contributed by atoms with E-state index >= 15 is 0 Å². The third-order valence-electron chi connectivity index (χ3n) is 2.12. The normalized spacial score (nSPS) is 14.5. The van der Waals surface area contributed by atoms with E-state index in [1.807, 2.05) is 0 Å². The highest BCUT2D eigenvalue weighted by Gasteiger charge is 2.11. The average molecular weight is 225 g/mol. The molecule has 0 saturated carbocycles. The van der Waals surface area contributed by atoms with Crippen LogP contribution >= 0.6 is 23.2 Å². The first-order chi connectivity index (χ1) is 5.92. The molecule has 0 aliphatic rings. The maximum Gasteiger partial charge on any atom is 0.0390 e. The molecule has 0 nitrogen and oxygen atoms in total. The lowest BCUT2D eigenvalue weighted by Crippen LogP contribution is -2.08. The maximum absolute atomic E-state index is 6.08. The van der Waals surface area contributed by atoms with Gasteiger partial charge < -0.3 is 0 Å². The third kappa shape index (κ3) is 12.6. The van der Waals surface area contributed by atoms with Crippen LogP contribution in [0, 0.1) is 0 Å². The number of hydrogen-bond donors (Lipinski definition) is 0. The van der Waals surface area contributed by atoms with E-state index in [4.69, 9.17) is 23.2 Å². The zero-order chi connectivity index (χ0) is 10.3. The SMILES string of the molecule is CC(Cl)CCCCCCC(C)(C)Cl. The molecule has 0 aromatic heterocycles. The van der Waals surface area contributed by atoms with Gasteiger partial charge in [-0.05, 0) is 33.6 Å². The van der Waals surface area contributed by atoms with Gasteiger partial charge in [-0.1, -0.05) is 25.7 Å². The van der Waals surface area contributed by atoms with Crippen molar-refractivity contribution in [3.8, 4) is 0 Å². The Hall–Kier alpha value is 0.580. The van der Waals surface area contributed by atoms with Crippen LogP contribution in [0.5, 0.6) is 0 Å². The van der Waals surface area contributed by atoms with E-state index in [1.54, 1.807) is 0 Å². The lowest BCUT2D eigenvalue weighted by Gasteiger charge is -2.14. The fourth-order valence-electron chi connectivity index (χ4n) is 1.32. The summed E-state index contributed by atoms with van der Waals surface area (Å²) in [5.41, 5.74) is 0. The average Bonchev–Trinajstić information content (AvgIpc) is 1.93. The minimum atomic E-state index is -0.0141. The van der Waals surface area contributed by atoms with Gasteiger partial charge in [-0.15, -0.1) is 23.2 Å². The molecule has 0 radical (unpaired) electrons. The van der Waals surface area contributed by atoms with E-state index in [1.165, 1.54) is 25.7 Å². The van der Waals surface area contributed by atoms with Crippen LogP contribution in [0.15, 0.2) is 0 Å². The van der Waals surface area contributed by atoms with Crippen molar-refractivity contribution in [2.75, 3.05) is 0 Å². The molecule has 0 saturated heterocycles. The third-order valence-corrected chi connectivity index (χ3v) is 2.53. The van der Waals surface area contributed by atoms with Gasteiger partial charge in [0.05, 0.1) is 0 Å². The standard InChI is InChI=1S/C11H22Cl2/c1-10(12)8-6-4-5-7-9-11(2,3)13/h10H,4-9H2,1-3H3. The van der Waals surface area contributed by atoms with Gasteiger partial charge in [-0.3, -0.25) is 0 Å². The van der Waals surface area contributed by atoms with Crippen molar-refractivity contribution in [1.82, 2.24) is 0 Å². The second kappa shape index (κ2) is 6.95. The van der Waals surface area contributed by atoms with Gasteiger partial charge >= 0.3 is 0 Å². The molecule has 80 valence electrons. The lowest BCUT2D eigenvalue weighted by atomic mass is 10.0. The summed E-state index contributed by atoms with van der Waals surface area (Å²) in [5.74, 6) is 0. The quantitative estimate of drug-likeness (QED) is 0.423. The van der Waals surface area contributed by atoms with E-state index < -0.39 is 0 Å². The first kappa shape index (κ1) is 13.6. The minimum Gasteiger partial charge on any atom is -0.123 e. The Labute approximate surface area is 93.0 Å². The number of alkyl halides is 2. The van der Waals surface area contributed by atoms with E-state index in [2.05, 4.69) is 20.8 Å². The molecule has 0 spiro atoms. The molecule has 0 heterocycles. The largest absolute Gasteiger partial charge is 0.123 e. The molecule has 0 aromatic carbocycles. The van der Waals surface area contributed by atoms with Crippen LogP contribution in [-0.2, 0) is 0 Å². The Morgan fingerprint density at radius 3 is 2.08 bits per heavy atom. The zero-order valence-corrected chi connectivity index (χ0v) is 10.6. The highest BCUT2D eigenvalue weighted by Crippen LogP contribution is 2.21. The predicted molar refractivity (Wildman–Crippen MR) is 62.9 cm³/mol. The molecule has 0 aliphatic heterocycles. The van der Waals surface area contributed by atoms with Crippen molar-refractivity contribution in [2.24, 2.45) is 0 Å². The summed E-state index contributed by atoms with van der Waals surface area (Å²) in [6, 6.07) is 0. The van der Waals surface area contributed by atoms with Crippen molar-refractivity contribution in [2.45, 2.75) is 69.5 Å². The van der Waals surface area contributed by atoms with Gasteiger partial charge in [-0.25, -0.2) is 0 Å². The molecule has 0 bridgehead atoms. The van der Waals surface area contributed by atoms with Crippen LogP contribution in [0.1, 0.15) is 59.3 Å². The van der Waals surface area contributed by atoms with Gasteiger partial charge in [0, 0.05) is 10.3 Å². The van der Waals surface area contributed by atoms with E-state index in [-0.39, 0.29) is 4.87 Å². The summed E-state index contributed by atoms with van der Waals surface area (Å²) in [6.45, 7) is 6.22. The van der Waals surface area contributed by atoms with Crippen LogP contribution in [0.3, 0.4) is 0 Å². The molecular weight excluding hydrogens is 203 g/mol. The molecule has 0 fully saturated rings. The molecule has 13 heavy (non-hydrogen) atoms. The highest BCUT2D eigenvalue weighted by molar-refractivity contribution is 6.23. The number of hydrogen-bond acceptors (Lipinski definition) is 0. The van der Waals surface area contributed by atoms with Crippen LogP contribution < -0.4 is 0 Å². The molecule has 0 rings (SSSR count). The summed E-state index contributed by atoms with van der Waals surface area (Å²) >= 11 is 11.9. The predicted octanol–water partition coefficient (Wildman–Crippen LogP) is 4.97. The molecule has 1 unspecified atom stereocenters. The highest BCUT2D eigenvalue weighted by atomic mass is 35.5. The van der Waals surface area contributed by atoms with Gasteiger partial charge in [0.1, 0.15) is 0 Å². The fraction of sp³-hybridized carbons (Fsp3) is 1.00. The first-order valence-corrected chi connectivity index (χ1v) is 6.06. The van der Waals surface area contributed by atoms with Crippen LogP contribution in [0.2, 0.25) is 0 Å². The first-order valence-electron chi connectivity index (χ1n) is 5.25. The summed E-state index contributed by atoms with van der Waals surface area (Å²) in [6.07, 6.45) is 7.35. The maximum atomic E-state index is 6.08. The number of halogens is 2. The van der Waals surface area contributed by atoms with E-state index in [9.17, 15) is 0 Å². The minimum absolute atomic E-state index is 0.0141. The Balaban J connectivity index is 3.09. The van der Waals surface area contributed by atoms with Crippen molar-refractivity contribution < 1.29 is 0 Å². The molecule has 2 heteroatoms. The molecular formula is C11H22Cl2. The Morgan fingerprint density at radius 2 is 1.62 bits per heavy atom. The molecule has 1 atom stereocenters. The van der Waals surface area contributed by atoms with Gasteiger partial charge in [0.2, 0.25) is 0 Å². The Bertz CT molecular complexity index is 114. The monoisotopic (exact) mass is 224 g/mol. The molecule has 0 aliphatic carbocycles. The lowest BCUT2D eigenvalue weighted by molar-refractivity contribution is 0.537. The summed E-state index contributed by atoms with van der Waals surface area (Å²) in [5, 5.41) is 0.337. The smallest absolute Gasteiger partial charge is 0.0390 e. The van der Waals surface area contributed by atoms with E-state index in [0.717, 1.165) is 12.8 Å². The second-order valence-electron chi connectivity index (χ2n) is 4.45. The van der Waals surface area contributed by atoms with Crippen LogP contribution in [-0.4, -0.2) is 10.3 Å². The van der Waals surface area contributed by atoms with E-state index in [0.29, 0.717) is 5.38 Å². The van der Waals surface area contributed by atoms with Gasteiger partial charge in [0.25, 0.3) is 0 Å².